The lowest BCUT2D eigenvalue weighted by Crippen LogP contribution is -2.49. The fraction of sp³-hybridized carbons (Fsp3) is 1.00. The molecule has 2 rings (SSSR count). The number of likely N-dealkylation sites (tertiary alicyclic amines) is 1. The van der Waals surface area contributed by atoms with Crippen molar-refractivity contribution in [3.63, 3.8) is 0 Å². The quantitative estimate of drug-likeness (QED) is 0.829. The number of methoxy groups -OCH3 is 1. The van der Waals surface area contributed by atoms with Gasteiger partial charge in [-0.25, -0.2) is 0 Å². The fourth-order valence-electron chi connectivity index (χ4n) is 3.71. The van der Waals surface area contributed by atoms with Crippen LogP contribution in [-0.4, -0.2) is 49.8 Å². The molecule has 1 heterocycles. The lowest BCUT2D eigenvalue weighted by Gasteiger charge is -2.39. The van der Waals surface area contributed by atoms with E-state index >= 15 is 0 Å². The van der Waals surface area contributed by atoms with E-state index in [0.29, 0.717) is 0 Å². The van der Waals surface area contributed by atoms with Gasteiger partial charge < -0.3 is 10.1 Å². The number of nitrogens with zero attached hydrogens (tertiary/aromatic N) is 1. The lowest BCUT2D eigenvalue weighted by molar-refractivity contribution is -0.0503. The molecule has 0 aromatic rings. The van der Waals surface area contributed by atoms with Gasteiger partial charge in [0.2, 0.25) is 0 Å². The molecule has 1 saturated heterocycles. The molecule has 1 saturated carbocycles. The second-order valence-corrected chi connectivity index (χ2v) is 6.96. The first-order valence-electron chi connectivity index (χ1n) is 8.12. The molecule has 1 N–H and O–H groups in total. The van der Waals surface area contributed by atoms with Crippen LogP contribution in [0.25, 0.3) is 0 Å². The normalized spacial score (nSPS) is 37.4. The molecule has 2 fully saturated rings. The summed E-state index contributed by atoms with van der Waals surface area (Å²) in [5.41, 5.74) is 0.0810. The first-order chi connectivity index (χ1) is 9.11. The maximum absolute atomic E-state index is 5.66. The van der Waals surface area contributed by atoms with E-state index in [9.17, 15) is 0 Å². The standard InChI is InChI=1S/C16H32N2O/c1-14-6-4-7-15(12-14)17-9-11-18-10-5-8-16(2,13-18)19-3/h14-15,17H,4-13H2,1-3H3. The van der Waals surface area contributed by atoms with Gasteiger partial charge in [-0.3, -0.25) is 4.90 Å². The predicted octanol–water partition coefficient (Wildman–Crippen LogP) is 2.66. The van der Waals surface area contributed by atoms with Crippen molar-refractivity contribution in [3.05, 3.63) is 0 Å². The molecule has 0 aromatic heterocycles. The smallest absolute Gasteiger partial charge is 0.0777 e. The number of rotatable bonds is 5. The largest absolute Gasteiger partial charge is 0.377 e. The van der Waals surface area contributed by atoms with Crippen molar-refractivity contribution in [1.82, 2.24) is 10.2 Å². The first kappa shape index (κ1) is 15.3. The van der Waals surface area contributed by atoms with Crippen LogP contribution in [0.2, 0.25) is 0 Å². The van der Waals surface area contributed by atoms with Crippen LogP contribution in [0.4, 0.5) is 0 Å². The molecule has 3 atom stereocenters. The Morgan fingerprint density at radius 1 is 1.32 bits per heavy atom. The van der Waals surface area contributed by atoms with Crippen molar-refractivity contribution in [2.45, 2.75) is 64.0 Å². The Labute approximate surface area is 119 Å². The molecule has 0 amide bonds. The third-order valence-corrected chi connectivity index (χ3v) is 5.03. The van der Waals surface area contributed by atoms with Crippen LogP contribution in [-0.2, 0) is 4.74 Å². The van der Waals surface area contributed by atoms with Crippen LogP contribution in [0.1, 0.15) is 52.4 Å². The third-order valence-electron chi connectivity index (χ3n) is 5.03. The topological polar surface area (TPSA) is 24.5 Å². The minimum Gasteiger partial charge on any atom is -0.377 e. The number of hydrogen-bond donors (Lipinski definition) is 1. The van der Waals surface area contributed by atoms with E-state index < -0.39 is 0 Å². The number of hydrogen-bond acceptors (Lipinski definition) is 3. The van der Waals surface area contributed by atoms with E-state index in [1.54, 1.807) is 0 Å². The van der Waals surface area contributed by atoms with E-state index in [-0.39, 0.29) is 5.60 Å². The molecule has 3 nitrogen and oxygen atoms in total. The van der Waals surface area contributed by atoms with E-state index in [4.69, 9.17) is 4.74 Å². The number of piperidine rings is 1. The van der Waals surface area contributed by atoms with Crippen LogP contribution in [0.3, 0.4) is 0 Å². The predicted molar refractivity (Wildman–Crippen MR) is 80.5 cm³/mol. The Bertz CT molecular complexity index is 271. The molecule has 2 aliphatic rings. The van der Waals surface area contributed by atoms with Gasteiger partial charge in [-0.15, -0.1) is 0 Å². The molecule has 112 valence electrons. The van der Waals surface area contributed by atoms with Gasteiger partial charge in [-0.05, 0) is 45.1 Å². The maximum Gasteiger partial charge on any atom is 0.0777 e. The average Bonchev–Trinajstić information content (AvgIpc) is 2.39. The minimum atomic E-state index is 0.0810. The van der Waals surface area contributed by atoms with Crippen LogP contribution < -0.4 is 5.32 Å². The van der Waals surface area contributed by atoms with Crippen LogP contribution in [0.15, 0.2) is 0 Å². The molecule has 0 radical (unpaired) electrons. The minimum absolute atomic E-state index is 0.0810. The summed E-state index contributed by atoms with van der Waals surface area (Å²) in [4.78, 5) is 2.56. The van der Waals surface area contributed by atoms with Crippen LogP contribution in [0, 0.1) is 5.92 Å². The van der Waals surface area contributed by atoms with E-state index in [0.717, 1.165) is 25.0 Å². The van der Waals surface area contributed by atoms with Crippen molar-refractivity contribution in [3.8, 4) is 0 Å². The van der Waals surface area contributed by atoms with Crippen LogP contribution >= 0.6 is 0 Å². The molecule has 0 aromatic carbocycles. The molecule has 0 spiro atoms. The number of nitrogens with one attached hydrogen (secondary N) is 1. The van der Waals surface area contributed by atoms with Gasteiger partial charge in [-0.2, -0.15) is 0 Å². The zero-order chi connectivity index (χ0) is 13.7. The second kappa shape index (κ2) is 7.05. The van der Waals surface area contributed by atoms with E-state index in [1.807, 2.05) is 7.11 Å². The molecule has 1 aliphatic heterocycles. The zero-order valence-electron chi connectivity index (χ0n) is 13.1. The monoisotopic (exact) mass is 268 g/mol. The highest BCUT2D eigenvalue weighted by Crippen LogP contribution is 2.24. The first-order valence-corrected chi connectivity index (χ1v) is 8.12. The summed E-state index contributed by atoms with van der Waals surface area (Å²) in [5, 5.41) is 3.76. The fourth-order valence-corrected chi connectivity index (χ4v) is 3.71. The van der Waals surface area contributed by atoms with E-state index in [2.05, 4.69) is 24.1 Å². The van der Waals surface area contributed by atoms with Crippen LogP contribution in [0.5, 0.6) is 0 Å². The van der Waals surface area contributed by atoms with Crippen molar-refractivity contribution < 1.29 is 4.74 Å². The third kappa shape index (κ3) is 4.73. The van der Waals surface area contributed by atoms with Gasteiger partial charge >= 0.3 is 0 Å². The number of ether oxygens (including phenoxy) is 1. The zero-order valence-corrected chi connectivity index (χ0v) is 13.1. The molecular formula is C16H32N2O. The average molecular weight is 268 g/mol. The van der Waals surface area contributed by atoms with E-state index in [1.165, 1.54) is 51.6 Å². The maximum atomic E-state index is 5.66. The van der Waals surface area contributed by atoms with Gasteiger partial charge in [0, 0.05) is 32.8 Å². The van der Waals surface area contributed by atoms with Gasteiger partial charge in [0.15, 0.2) is 0 Å². The summed E-state index contributed by atoms with van der Waals surface area (Å²) in [6, 6.07) is 0.766. The SMILES string of the molecule is COC1(C)CCCN(CCNC2CCCC(C)C2)C1. The van der Waals surface area contributed by atoms with Gasteiger partial charge in [-0.1, -0.05) is 19.8 Å². The van der Waals surface area contributed by atoms with Crippen molar-refractivity contribution in [2.24, 2.45) is 5.92 Å². The molecule has 1 aliphatic carbocycles. The molecular weight excluding hydrogens is 236 g/mol. The molecule has 3 unspecified atom stereocenters. The molecule has 0 bridgehead atoms. The highest BCUT2D eigenvalue weighted by Gasteiger charge is 2.30. The Balaban J connectivity index is 1.65. The van der Waals surface area contributed by atoms with Gasteiger partial charge in [0.25, 0.3) is 0 Å². The highest BCUT2D eigenvalue weighted by molar-refractivity contribution is 4.85. The lowest BCUT2D eigenvalue weighted by atomic mass is 9.87. The summed E-state index contributed by atoms with van der Waals surface area (Å²) >= 11 is 0. The second-order valence-electron chi connectivity index (χ2n) is 6.96. The van der Waals surface area contributed by atoms with Gasteiger partial charge in [0.1, 0.15) is 0 Å². The summed E-state index contributed by atoms with van der Waals surface area (Å²) in [7, 11) is 1.85. The summed E-state index contributed by atoms with van der Waals surface area (Å²) in [6.45, 7) is 9.27. The van der Waals surface area contributed by atoms with Crippen molar-refractivity contribution in [2.75, 3.05) is 33.3 Å². The summed E-state index contributed by atoms with van der Waals surface area (Å²) < 4.78 is 5.66. The highest BCUT2D eigenvalue weighted by atomic mass is 16.5. The molecule has 19 heavy (non-hydrogen) atoms. The van der Waals surface area contributed by atoms with Gasteiger partial charge in [0.05, 0.1) is 5.60 Å². The summed E-state index contributed by atoms with van der Waals surface area (Å²) in [6.07, 6.45) is 8.05. The Hall–Kier alpha value is -0.120. The Morgan fingerprint density at radius 3 is 2.89 bits per heavy atom. The molecule has 3 heteroatoms. The Kier molecular flexibility index (Phi) is 5.67. The Morgan fingerprint density at radius 2 is 2.16 bits per heavy atom. The van der Waals surface area contributed by atoms with Crippen molar-refractivity contribution in [1.29, 1.82) is 0 Å². The van der Waals surface area contributed by atoms with Crippen molar-refractivity contribution >= 4 is 0 Å². The summed E-state index contributed by atoms with van der Waals surface area (Å²) in [5.74, 6) is 0.915.